The first-order valence-corrected chi connectivity index (χ1v) is 9.22. The molecule has 0 bridgehead atoms. The summed E-state index contributed by atoms with van der Waals surface area (Å²) >= 11 is 0. The molecule has 0 heterocycles. The Morgan fingerprint density at radius 3 is 2.65 bits per heavy atom. The second-order valence-electron chi connectivity index (χ2n) is 8.76. The van der Waals surface area contributed by atoms with Crippen LogP contribution in [-0.4, -0.2) is 17.0 Å². The highest BCUT2D eigenvalue weighted by molar-refractivity contribution is 5.91. The molecule has 3 unspecified atom stereocenters. The summed E-state index contributed by atoms with van der Waals surface area (Å²) in [6.07, 6.45) is 8.52. The van der Waals surface area contributed by atoms with Gasteiger partial charge in [-0.2, -0.15) is 0 Å². The molecular weight excluding hydrogens is 284 g/mol. The van der Waals surface area contributed by atoms with Gasteiger partial charge in [-0.25, -0.2) is 0 Å². The molecule has 0 aromatic rings. The van der Waals surface area contributed by atoms with Gasteiger partial charge < -0.3 is 5.11 Å². The first-order chi connectivity index (χ1) is 10.9. The highest BCUT2D eigenvalue weighted by Crippen LogP contribution is 2.66. The number of rotatable bonds is 0. The van der Waals surface area contributed by atoms with E-state index in [0.29, 0.717) is 24.2 Å². The molecule has 1 N–H and O–H groups in total. The fourth-order valence-electron chi connectivity index (χ4n) is 6.71. The Morgan fingerprint density at radius 1 is 1.17 bits per heavy atom. The van der Waals surface area contributed by atoms with Gasteiger partial charge in [0, 0.05) is 6.42 Å². The number of hydrogen-bond acceptors (Lipinski definition) is 2. The zero-order valence-electron chi connectivity index (χ0n) is 14.4. The van der Waals surface area contributed by atoms with Crippen LogP contribution < -0.4 is 0 Å². The Labute approximate surface area is 139 Å². The maximum atomic E-state index is 11.9. The van der Waals surface area contributed by atoms with Crippen molar-refractivity contribution in [1.82, 2.24) is 0 Å². The van der Waals surface area contributed by atoms with Crippen molar-refractivity contribution in [2.45, 2.75) is 64.9 Å². The van der Waals surface area contributed by atoms with Crippen LogP contribution in [0, 0.1) is 28.6 Å². The molecule has 0 amide bonds. The summed E-state index contributed by atoms with van der Waals surface area (Å²) in [7, 11) is 0. The third-order valence-electron chi connectivity index (χ3n) is 7.97. The number of carbonyl (C=O) groups excluding carboxylic acids is 1. The van der Waals surface area contributed by atoms with Crippen LogP contribution in [0.25, 0.3) is 0 Å². The molecule has 4 rings (SSSR count). The van der Waals surface area contributed by atoms with Gasteiger partial charge in [-0.1, -0.05) is 20.4 Å². The number of aliphatic hydroxyl groups excluding tert-OH is 1. The average molecular weight is 312 g/mol. The van der Waals surface area contributed by atoms with E-state index in [4.69, 9.17) is 0 Å². The fraction of sp³-hybridized carbons (Fsp3) is 0.714. The zero-order valence-corrected chi connectivity index (χ0v) is 14.4. The lowest BCUT2D eigenvalue weighted by atomic mass is 9.47. The summed E-state index contributed by atoms with van der Waals surface area (Å²) in [6, 6.07) is 0. The zero-order chi connectivity index (χ0) is 16.4. The number of fused-ring (bicyclic) bond motifs is 5. The maximum Gasteiger partial charge on any atom is 0.155 e. The lowest BCUT2D eigenvalue weighted by Gasteiger charge is -2.58. The van der Waals surface area contributed by atoms with E-state index >= 15 is 0 Å². The molecule has 2 nitrogen and oxygen atoms in total. The predicted molar refractivity (Wildman–Crippen MR) is 90.8 cm³/mol. The van der Waals surface area contributed by atoms with Crippen molar-refractivity contribution in [2.75, 3.05) is 0 Å². The molecule has 0 aromatic carbocycles. The summed E-state index contributed by atoms with van der Waals surface area (Å²) in [4.78, 5) is 11.9. The minimum atomic E-state index is -0.426. The number of carbonyl (C=O) groups is 1. The molecule has 0 aliphatic heterocycles. The molecule has 3 saturated carbocycles. The maximum absolute atomic E-state index is 11.9. The quantitative estimate of drug-likeness (QED) is 0.681. The summed E-state index contributed by atoms with van der Waals surface area (Å²) in [5.41, 5.74) is 5.95. The first-order valence-electron chi connectivity index (χ1n) is 9.22. The van der Waals surface area contributed by atoms with Crippen LogP contribution in [0.5, 0.6) is 0 Å². The van der Waals surface area contributed by atoms with Crippen LogP contribution in [-0.2, 0) is 4.79 Å². The van der Waals surface area contributed by atoms with Crippen LogP contribution in [0.2, 0.25) is 0 Å². The third kappa shape index (κ3) is 1.95. The Balaban J connectivity index is 1.75. The third-order valence-corrected chi connectivity index (χ3v) is 7.97. The molecular formula is C21H28O2. The Bertz CT molecular complexity index is 638. The summed E-state index contributed by atoms with van der Waals surface area (Å²) in [5, 5.41) is 10.8. The second-order valence-corrected chi connectivity index (χ2v) is 8.76. The summed E-state index contributed by atoms with van der Waals surface area (Å²) in [6.45, 7) is 8.64. The molecule has 3 fully saturated rings. The average Bonchev–Trinajstić information content (AvgIpc) is 2.86. The van der Waals surface area contributed by atoms with Gasteiger partial charge in [0.05, 0.1) is 6.10 Å². The van der Waals surface area contributed by atoms with Gasteiger partial charge in [0.1, 0.15) is 0 Å². The van der Waals surface area contributed by atoms with Crippen molar-refractivity contribution in [3.8, 4) is 0 Å². The highest BCUT2D eigenvalue weighted by atomic mass is 16.3. The first kappa shape index (κ1) is 15.4. The normalized spacial score (nSPS) is 48.9. The molecule has 2 heteroatoms. The number of ketones is 1. The van der Waals surface area contributed by atoms with Crippen LogP contribution in [0.3, 0.4) is 0 Å². The number of aliphatic hydroxyl groups is 1. The molecule has 4 aliphatic carbocycles. The van der Waals surface area contributed by atoms with E-state index in [1.54, 1.807) is 6.08 Å². The second kappa shape index (κ2) is 4.94. The smallest absolute Gasteiger partial charge is 0.155 e. The predicted octanol–water partition coefficient (Wildman–Crippen LogP) is 4.20. The highest BCUT2D eigenvalue weighted by Gasteiger charge is 2.59. The van der Waals surface area contributed by atoms with Crippen molar-refractivity contribution >= 4 is 5.78 Å². The fourth-order valence-corrected chi connectivity index (χ4v) is 6.71. The van der Waals surface area contributed by atoms with Gasteiger partial charge in [0.2, 0.25) is 0 Å². The Kier molecular flexibility index (Phi) is 3.31. The van der Waals surface area contributed by atoms with E-state index in [2.05, 4.69) is 26.2 Å². The largest absolute Gasteiger partial charge is 0.389 e. The van der Waals surface area contributed by atoms with E-state index in [0.717, 1.165) is 24.8 Å². The standard InChI is InChI=1S/C21H28O2/c1-4-13-5-6-16-15-12-19(23)18-11-14(22)7-9-21(18,3)17(15)8-10-20(13,16)2/h11,15-17,19,23H,1,5-10,12H2,2-3H3/t15?,16?,17?,19-,20-,21-/m1/s1. The van der Waals surface area contributed by atoms with Gasteiger partial charge in [0.25, 0.3) is 0 Å². The molecule has 4 aliphatic rings. The van der Waals surface area contributed by atoms with E-state index < -0.39 is 6.10 Å². The van der Waals surface area contributed by atoms with Crippen molar-refractivity contribution in [3.05, 3.63) is 29.5 Å². The van der Waals surface area contributed by atoms with Crippen molar-refractivity contribution in [1.29, 1.82) is 0 Å². The molecule has 124 valence electrons. The lowest BCUT2D eigenvalue weighted by molar-refractivity contribution is -0.118. The summed E-state index contributed by atoms with van der Waals surface area (Å²) in [5.74, 6) is 2.04. The van der Waals surface area contributed by atoms with E-state index in [9.17, 15) is 9.90 Å². The van der Waals surface area contributed by atoms with E-state index in [-0.39, 0.29) is 16.6 Å². The molecule has 6 atom stereocenters. The molecule has 23 heavy (non-hydrogen) atoms. The van der Waals surface area contributed by atoms with Crippen molar-refractivity contribution in [3.63, 3.8) is 0 Å². The SMILES string of the molecule is C=C=C1CCC2C3C[C@@H](O)C4=CC(=O)CC[C@]4(C)C3CC[C@]12C. The van der Waals surface area contributed by atoms with Gasteiger partial charge >= 0.3 is 0 Å². The Morgan fingerprint density at radius 2 is 1.91 bits per heavy atom. The number of hydrogen-bond donors (Lipinski definition) is 1. The van der Waals surface area contributed by atoms with Crippen LogP contribution in [0.4, 0.5) is 0 Å². The summed E-state index contributed by atoms with van der Waals surface area (Å²) < 4.78 is 0. The lowest BCUT2D eigenvalue weighted by Crippen LogP contribution is -2.53. The van der Waals surface area contributed by atoms with Gasteiger partial charge in [0.15, 0.2) is 5.78 Å². The molecule has 0 aromatic heterocycles. The van der Waals surface area contributed by atoms with Gasteiger partial charge in [-0.15, -0.1) is 5.73 Å². The van der Waals surface area contributed by atoms with Crippen LogP contribution in [0.15, 0.2) is 29.5 Å². The van der Waals surface area contributed by atoms with E-state index in [1.807, 2.05) is 0 Å². The monoisotopic (exact) mass is 312 g/mol. The van der Waals surface area contributed by atoms with E-state index in [1.165, 1.54) is 24.8 Å². The van der Waals surface area contributed by atoms with Gasteiger partial charge in [-0.3, -0.25) is 4.79 Å². The van der Waals surface area contributed by atoms with Crippen molar-refractivity contribution < 1.29 is 9.90 Å². The molecule has 0 saturated heterocycles. The van der Waals surface area contributed by atoms with Gasteiger partial charge in [-0.05, 0) is 84.3 Å². The minimum Gasteiger partial charge on any atom is -0.389 e. The Hall–Kier alpha value is -1.11. The van der Waals surface area contributed by atoms with Crippen molar-refractivity contribution in [2.24, 2.45) is 28.6 Å². The van der Waals surface area contributed by atoms with Crippen LogP contribution in [0.1, 0.15) is 58.8 Å². The topological polar surface area (TPSA) is 37.3 Å². The molecule has 0 spiro atoms. The number of allylic oxidation sites excluding steroid dienone is 1. The van der Waals surface area contributed by atoms with Crippen LogP contribution >= 0.6 is 0 Å². The minimum absolute atomic E-state index is 0.0260. The molecule has 0 radical (unpaired) electrons.